The van der Waals surface area contributed by atoms with Gasteiger partial charge >= 0.3 is 0 Å². The lowest BCUT2D eigenvalue weighted by Crippen LogP contribution is -1.66. The molecule has 0 heterocycles. The lowest BCUT2D eigenvalue weighted by molar-refractivity contribution is 0.702. The molecular formula is C24H56. The molecule has 0 nitrogen and oxygen atoms in total. The first kappa shape index (κ1) is 31.7. The van der Waals surface area contributed by atoms with Crippen molar-refractivity contribution < 1.29 is 0 Å². The molecule has 0 radical (unpaired) electrons. The van der Waals surface area contributed by atoms with Gasteiger partial charge in [-0.25, -0.2) is 0 Å². The summed E-state index contributed by atoms with van der Waals surface area (Å²) in [5.74, 6) is 0. The van der Waals surface area contributed by atoms with Gasteiger partial charge in [-0.05, 0) is 0 Å². The largest absolute Gasteiger partial charge is 0.0654 e. The monoisotopic (exact) mass is 344 g/mol. The fourth-order valence-corrected chi connectivity index (χ4v) is 2.00. The molecule has 24 heavy (non-hydrogen) atoms. The number of rotatable bonds is 12. The van der Waals surface area contributed by atoms with Crippen LogP contribution >= 0.6 is 0 Å². The van der Waals surface area contributed by atoms with Gasteiger partial charge < -0.3 is 0 Å². The molecule has 0 N–H and O–H groups in total. The summed E-state index contributed by atoms with van der Waals surface area (Å²) in [6.07, 6.45) is 22.1. The fourth-order valence-electron chi connectivity index (χ4n) is 2.00. The van der Waals surface area contributed by atoms with Gasteiger partial charge in [-0.3, -0.25) is 0 Å². The van der Waals surface area contributed by atoms with E-state index in [4.69, 9.17) is 0 Å². The van der Waals surface area contributed by atoms with Crippen LogP contribution in [0.25, 0.3) is 0 Å². The summed E-state index contributed by atoms with van der Waals surface area (Å²) in [6, 6.07) is 0. The van der Waals surface area contributed by atoms with Gasteiger partial charge in [0.1, 0.15) is 0 Å². The van der Waals surface area contributed by atoms with Crippen LogP contribution in [0.1, 0.15) is 158 Å². The van der Waals surface area contributed by atoms with Gasteiger partial charge in [-0.2, -0.15) is 0 Å². The molecular weight excluding hydrogens is 288 g/mol. The lowest BCUT2D eigenvalue weighted by Gasteiger charge is -1.86. The van der Waals surface area contributed by atoms with Crippen molar-refractivity contribution in [3.05, 3.63) is 0 Å². The highest BCUT2D eigenvalue weighted by Gasteiger charge is 1.77. The molecule has 0 amide bonds. The topological polar surface area (TPSA) is 0 Å². The highest BCUT2D eigenvalue weighted by atomic mass is 13.8. The zero-order valence-electron chi connectivity index (χ0n) is 19.3. The van der Waals surface area contributed by atoms with Gasteiger partial charge in [0.15, 0.2) is 0 Å². The van der Waals surface area contributed by atoms with E-state index < -0.39 is 0 Å². The molecule has 0 saturated heterocycles. The average molecular weight is 345 g/mol. The van der Waals surface area contributed by atoms with Crippen LogP contribution in [0.3, 0.4) is 0 Å². The van der Waals surface area contributed by atoms with Crippen LogP contribution in [0.15, 0.2) is 0 Å². The smallest absolute Gasteiger partial charge is 0.0536 e. The van der Waals surface area contributed by atoms with Crippen molar-refractivity contribution in [2.24, 2.45) is 0 Å². The van der Waals surface area contributed by atoms with Gasteiger partial charge in [0, 0.05) is 0 Å². The normalized spacial score (nSPS) is 9.00. The van der Waals surface area contributed by atoms with Crippen molar-refractivity contribution >= 4 is 0 Å². The predicted octanol–water partition coefficient (Wildman–Crippen LogP) is 10.3. The first-order chi connectivity index (χ1) is 11.7. The third-order valence-electron chi connectivity index (χ3n) is 3.83. The number of hydrogen-bond acceptors (Lipinski definition) is 0. The highest BCUT2D eigenvalue weighted by molar-refractivity contribution is 4.32. The van der Waals surface area contributed by atoms with E-state index in [0.717, 1.165) is 0 Å². The van der Waals surface area contributed by atoms with Crippen LogP contribution in [0.2, 0.25) is 0 Å². The molecule has 0 spiro atoms. The Morgan fingerprint density at radius 1 is 0.208 bits per heavy atom. The van der Waals surface area contributed by atoms with E-state index in [1.807, 2.05) is 0 Å². The van der Waals surface area contributed by atoms with E-state index in [-0.39, 0.29) is 0 Å². The van der Waals surface area contributed by atoms with Crippen molar-refractivity contribution in [1.29, 1.82) is 0 Å². The maximum Gasteiger partial charge on any atom is -0.0536 e. The maximum atomic E-state index is 2.23. The summed E-state index contributed by atoms with van der Waals surface area (Å²) < 4.78 is 0. The summed E-state index contributed by atoms with van der Waals surface area (Å²) in [6.45, 7) is 17.9. The van der Waals surface area contributed by atoms with Gasteiger partial charge in [-0.15, -0.1) is 0 Å². The van der Waals surface area contributed by atoms with Crippen LogP contribution in [-0.4, -0.2) is 0 Å². The minimum atomic E-state index is 1.36. The Hall–Kier alpha value is 0. The molecule has 0 aliphatic heterocycles. The molecule has 0 aromatic heterocycles. The van der Waals surface area contributed by atoms with E-state index >= 15 is 0 Å². The quantitative estimate of drug-likeness (QED) is 0.309. The van der Waals surface area contributed by atoms with E-state index in [1.54, 1.807) is 0 Å². The molecule has 0 aliphatic carbocycles. The first-order valence-electron chi connectivity index (χ1n) is 11.7. The molecule has 0 rings (SSSR count). The fraction of sp³-hybridized carbons (Fsp3) is 1.00. The van der Waals surface area contributed by atoms with Crippen LogP contribution in [0.4, 0.5) is 0 Å². The molecule has 0 saturated carbocycles. The molecule has 0 aromatic rings. The van der Waals surface area contributed by atoms with Crippen molar-refractivity contribution in [3.63, 3.8) is 0 Å². The minimum absolute atomic E-state index is 1.36. The zero-order chi connectivity index (χ0) is 19.3. The second-order valence-corrected chi connectivity index (χ2v) is 6.83. The van der Waals surface area contributed by atoms with E-state index in [0.29, 0.717) is 0 Å². The third-order valence-corrected chi connectivity index (χ3v) is 3.83. The predicted molar refractivity (Wildman–Crippen MR) is 119 cm³/mol. The van der Waals surface area contributed by atoms with Crippen LogP contribution < -0.4 is 0 Å². The average Bonchev–Trinajstić information content (AvgIpc) is 2.62. The van der Waals surface area contributed by atoms with E-state index in [2.05, 4.69) is 55.4 Å². The SMILES string of the molecule is CCCCCC.CCCCCC.CCCCCC.CCCCCC. The van der Waals surface area contributed by atoms with Gasteiger partial charge in [-0.1, -0.05) is 158 Å². The Kier molecular flexibility index (Phi) is 57.5. The molecule has 0 bridgehead atoms. The zero-order valence-corrected chi connectivity index (χ0v) is 19.3. The molecule has 0 aromatic carbocycles. The van der Waals surface area contributed by atoms with Crippen molar-refractivity contribution in [3.8, 4) is 0 Å². The summed E-state index contributed by atoms with van der Waals surface area (Å²) in [4.78, 5) is 0. The van der Waals surface area contributed by atoms with Crippen LogP contribution in [0, 0.1) is 0 Å². The summed E-state index contributed by atoms with van der Waals surface area (Å²) in [7, 11) is 0. The van der Waals surface area contributed by atoms with Gasteiger partial charge in [0.2, 0.25) is 0 Å². The number of hydrogen-bond donors (Lipinski definition) is 0. The third kappa shape index (κ3) is 67.4. The Labute approximate surface area is 158 Å². The molecule has 152 valence electrons. The molecule has 0 aliphatic rings. The Morgan fingerprint density at radius 3 is 0.333 bits per heavy atom. The summed E-state index contributed by atoms with van der Waals surface area (Å²) in [5, 5.41) is 0. The Balaban J connectivity index is -0.000000111. The van der Waals surface area contributed by atoms with Gasteiger partial charge in [0.05, 0.1) is 0 Å². The second kappa shape index (κ2) is 43.5. The molecule has 0 atom stereocenters. The minimum Gasteiger partial charge on any atom is -0.0654 e. The Morgan fingerprint density at radius 2 is 0.292 bits per heavy atom. The first-order valence-corrected chi connectivity index (χ1v) is 11.7. The highest BCUT2D eigenvalue weighted by Crippen LogP contribution is 1.97. The number of unbranched alkanes of at least 4 members (excludes halogenated alkanes) is 12. The van der Waals surface area contributed by atoms with Crippen molar-refractivity contribution in [2.75, 3.05) is 0 Å². The van der Waals surface area contributed by atoms with Gasteiger partial charge in [0.25, 0.3) is 0 Å². The molecule has 0 unspecified atom stereocenters. The van der Waals surface area contributed by atoms with E-state index in [1.165, 1.54) is 103 Å². The summed E-state index contributed by atoms with van der Waals surface area (Å²) >= 11 is 0. The standard InChI is InChI=1S/4C6H14/c4*1-3-5-6-4-2/h4*3-6H2,1-2H3. The Bertz CT molecular complexity index is 80.0. The van der Waals surface area contributed by atoms with E-state index in [9.17, 15) is 0 Å². The van der Waals surface area contributed by atoms with Crippen molar-refractivity contribution in [1.82, 2.24) is 0 Å². The second-order valence-electron chi connectivity index (χ2n) is 6.83. The molecule has 0 fully saturated rings. The molecule has 0 heteroatoms. The van der Waals surface area contributed by atoms with Crippen LogP contribution in [-0.2, 0) is 0 Å². The summed E-state index contributed by atoms with van der Waals surface area (Å²) in [5.41, 5.74) is 0. The lowest BCUT2D eigenvalue weighted by atomic mass is 10.2. The van der Waals surface area contributed by atoms with Crippen molar-refractivity contribution in [2.45, 2.75) is 158 Å². The van der Waals surface area contributed by atoms with Crippen LogP contribution in [0.5, 0.6) is 0 Å². The maximum absolute atomic E-state index is 2.23.